The summed E-state index contributed by atoms with van der Waals surface area (Å²) in [6.45, 7) is 4.71. The molecule has 0 spiro atoms. The van der Waals surface area contributed by atoms with Gasteiger partial charge in [-0.3, -0.25) is 4.90 Å². The Kier molecular flexibility index (Phi) is 6.98. The fraction of sp³-hybridized carbons (Fsp3) is 0.400. The molecule has 10 nitrogen and oxygen atoms in total. The Bertz CT molecular complexity index is 1070. The molecule has 0 radical (unpaired) electrons. The number of halogens is 2. The number of urea groups is 1. The summed E-state index contributed by atoms with van der Waals surface area (Å²) in [5, 5.41) is 13.2. The minimum Gasteiger partial charge on any atom is -0.374 e. The molecule has 4 rings (SSSR count). The summed E-state index contributed by atoms with van der Waals surface area (Å²) in [6, 6.07) is 6.00. The van der Waals surface area contributed by atoms with Gasteiger partial charge in [-0.2, -0.15) is 4.98 Å². The molecule has 1 aliphatic rings. The van der Waals surface area contributed by atoms with Crippen LogP contribution in [0.3, 0.4) is 0 Å². The van der Waals surface area contributed by atoms with E-state index in [9.17, 15) is 9.18 Å². The number of aryl methyl sites for hydroxylation is 1. The predicted molar refractivity (Wildman–Crippen MR) is 111 cm³/mol. The first-order valence-corrected chi connectivity index (χ1v) is 10.4. The van der Waals surface area contributed by atoms with Gasteiger partial charge in [-0.1, -0.05) is 28.0 Å². The van der Waals surface area contributed by atoms with Gasteiger partial charge in [0.05, 0.1) is 24.3 Å². The summed E-state index contributed by atoms with van der Waals surface area (Å²) >= 11 is 5.86. The van der Waals surface area contributed by atoms with Crippen LogP contribution < -0.4 is 10.6 Å². The molecule has 2 N–H and O–H groups in total. The van der Waals surface area contributed by atoms with Crippen molar-refractivity contribution in [2.45, 2.75) is 26.1 Å². The molecule has 1 aliphatic heterocycles. The Labute approximate surface area is 188 Å². The zero-order chi connectivity index (χ0) is 22.5. The lowest BCUT2D eigenvalue weighted by molar-refractivity contribution is -0.0287. The molecule has 0 aliphatic carbocycles. The number of nitrogens with zero attached hydrogens (tertiary/aromatic N) is 4. The number of morpholine rings is 1. The third kappa shape index (κ3) is 5.81. The highest BCUT2D eigenvalue weighted by molar-refractivity contribution is 6.30. The molecule has 1 atom stereocenters. The fourth-order valence-corrected chi connectivity index (χ4v) is 3.47. The second kappa shape index (κ2) is 10.1. The Morgan fingerprint density at radius 3 is 2.94 bits per heavy atom. The Balaban J connectivity index is 1.20. The second-order valence-electron chi connectivity index (χ2n) is 7.38. The van der Waals surface area contributed by atoms with Gasteiger partial charge in [0, 0.05) is 32.2 Å². The summed E-state index contributed by atoms with van der Waals surface area (Å²) in [7, 11) is 0. The van der Waals surface area contributed by atoms with Crippen LogP contribution in [0.15, 0.2) is 33.3 Å². The predicted octanol–water partition coefficient (Wildman–Crippen LogP) is 2.53. The first-order valence-electron chi connectivity index (χ1n) is 10.0. The number of carbonyl (C=O) groups is 1. The summed E-state index contributed by atoms with van der Waals surface area (Å²) in [5.41, 5.74) is 1.36. The van der Waals surface area contributed by atoms with Crippen LogP contribution in [-0.4, -0.2) is 58.6 Å². The number of aromatic nitrogens is 3. The van der Waals surface area contributed by atoms with Crippen LogP contribution in [-0.2, 0) is 17.8 Å². The smallest absolute Gasteiger partial charge is 0.315 e. The van der Waals surface area contributed by atoms with Crippen molar-refractivity contribution in [3.8, 4) is 11.6 Å². The number of hydrogen-bond donors (Lipinski definition) is 2. The van der Waals surface area contributed by atoms with Crippen LogP contribution >= 0.6 is 11.6 Å². The maximum absolute atomic E-state index is 13.3. The van der Waals surface area contributed by atoms with Gasteiger partial charge in [-0.25, -0.2) is 9.18 Å². The number of rotatable bonds is 7. The molecule has 2 amide bonds. The van der Waals surface area contributed by atoms with E-state index in [4.69, 9.17) is 25.4 Å². The lowest BCUT2D eigenvalue weighted by Crippen LogP contribution is -2.48. The molecular formula is C20H22ClFN6O4. The monoisotopic (exact) mass is 464 g/mol. The van der Waals surface area contributed by atoms with E-state index in [1.807, 2.05) is 0 Å². The molecule has 1 saturated heterocycles. The molecule has 170 valence electrons. The lowest BCUT2D eigenvalue weighted by atomic mass is 10.2. The third-order valence-electron chi connectivity index (χ3n) is 4.83. The Morgan fingerprint density at radius 1 is 1.28 bits per heavy atom. The SMILES string of the molecule is Cc1cc(-c2nc(CNC(=O)NC[C@H]3CN(Cc4ccc(F)c(Cl)c4)CCO3)no2)no1. The van der Waals surface area contributed by atoms with E-state index in [1.165, 1.54) is 6.07 Å². The molecule has 1 fully saturated rings. The standard InChI is InChI=1S/C20H22ClFN6O4/c1-12-6-17(26-31-12)19-25-18(27-32-19)9-24-20(29)23-8-14-11-28(4-5-30-14)10-13-2-3-16(22)15(21)7-13/h2-3,6-7,14H,4-5,8-11H2,1H3,(H2,23,24,29)/t14-/m0/s1. The molecule has 32 heavy (non-hydrogen) atoms. The van der Waals surface area contributed by atoms with Crippen molar-refractivity contribution >= 4 is 17.6 Å². The third-order valence-corrected chi connectivity index (χ3v) is 5.12. The van der Waals surface area contributed by atoms with Gasteiger partial charge < -0.3 is 24.4 Å². The fourth-order valence-electron chi connectivity index (χ4n) is 3.27. The maximum atomic E-state index is 13.3. The molecular weight excluding hydrogens is 443 g/mol. The zero-order valence-electron chi connectivity index (χ0n) is 17.3. The quantitative estimate of drug-likeness (QED) is 0.547. The van der Waals surface area contributed by atoms with Crippen LogP contribution in [0.25, 0.3) is 11.6 Å². The molecule has 0 unspecified atom stereocenters. The van der Waals surface area contributed by atoms with Gasteiger partial charge >= 0.3 is 6.03 Å². The molecule has 3 heterocycles. The van der Waals surface area contributed by atoms with E-state index in [-0.39, 0.29) is 29.6 Å². The van der Waals surface area contributed by atoms with Crippen molar-refractivity contribution in [2.24, 2.45) is 0 Å². The minimum atomic E-state index is -0.434. The molecule has 3 aromatic rings. The Hall–Kier alpha value is -3.02. The average molecular weight is 465 g/mol. The first kappa shape index (κ1) is 22.2. The number of hydrogen-bond acceptors (Lipinski definition) is 8. The van der Waals surface area contributed by atoms with E-state index in [1.54, 1.807) is 25.1 Å². The molecule has 12 heteroatoms. The normalized spacial score (nSPS) is 16.8. The summed E-state index contributed by atoms with van der Waals surface area (Å²) in [6.07, 6.45) is -0.169. The van der Waals surface area contributed by atoms with E-state index in [0.717, 1.165) is 12.1 Å². The van der Waals surface area contributed by atoms with Gasteiger partial charge in [0.15, 0.2) is 11.5 Å². The number of nitrogens with one attached hydrogen (secondary N) is 2. The summed E-state index contributed by atoms with van der Waals surface area (Å²) < 4.78 is 29.2. The van der Waals surface area contributed by atoms with Crippen LogP contribution in [0.5, 0.6) is 0 Å². The van der Waals surface area contributed by atoms with Crippen molar-refractivity contribution in [1.82, 2.24) is 30.8 Å². The van der Waals surface area contributed by atoms with E-state index in [2.05, 4.69) is 30.8 Å². The van der Waals surface area contributed by atoms with Crippen molar-refractivity contribution in [1.29, 1.82) is 0 Å². The van der Waals surface area contributed by atoms with Crippen molar-refractivity contribution in [3.63, 3.8) is 0 Å². The van der Waals surface area contributed by atoms with E-state index in [0.29, 0.717) is 43.5 Å². The number of ether oxygens (including phenoxy) is 1. The largest absolute Gasteiger partial charge is 0.374 e. The summed E-state index contributed by atoms with van der Waals surface area (Å²) in [4.78, 5) is 18.5. The van der Waals surface area contributed by atoms with Crippen molar-refractivity contribution < 1.29 is 23.0 Å². The molecule has 0 saturated carbocycles. The van der Waals surface area contributed by atoms with Gasteiger partial charge in [0.25, 0.3) is 5.89 Å². The van der Waals surface area contributed by atoms with E-state index < -0.39 is 5.82 Å². The van der Waals surface area contributed by atoms with Crippen LogP contribution in [0.1, 0.15) is 17.1 Å². The highest BCUT2D eigenvalue weighted by Crippen LogP contribution is 2.18. The molecule has 0 bridgehead atoms. The van der Waals surface area contributed by atoms with Crippen LogP contribution in [0.4, 0.5) is 9.18 Å². The minimum absolute atomic E-state index is 0.0924. The first-order chi connectivity index (χ1) is 15.5. The molecule has 2 aromatic heterocycles. The van der Waals surface area contributed by atoms with Crippen LogP contribution in [0, 0.1) is 12.7 Å². The number of amides is 2. The summed E-state index contributed by atoms with van der Waals surface area (Å²) in [5.74, 6) is 0.726. The number of benzene rings is 1. The average Bonchev–Trinajstić information content (AvgIpc) is 3.42. The lowest BCUT2D eigenvalue weighted by Gasteiger charge is -2.33. The number of carbonyl (C=O) groups excluding carboxylic acids is 1. The van der Waals surface area contributed by atoms with Crippen LogP contribution in [0.2, 0.25) is 5.02 Å². The van der Waals surface area contributed by atoms with Crippen molar-refractivity contribution in [3.05, 3.63) is 52.3 Å². The van der Waals surface area contributed by atoms with Gasteiger partial charge in [-0.15, -0.1) is 0 Å². The van der Waals surface area contributed by atoms with E-state index >= 15 is 0 Å². The van der Waals surface area contributed by atoms with Gasteiger partial charge in [0.2, 0.25) is 0 Å². The highest BCUT2D eigenvalue weighted by atomic mass is 35.5. The zero-order valence-corrected chi connectivity index (χ0v) is 18.1. The van der Waals surface area contributed by atoms with Gasteiger partial charge in [-0.05, 0) is 24.6 Å². The maximum Gasteiger partial charge on any atom is 0.315 e. The van der Waals surface area contributed by atoms with Gasteiger partial charge in [0.1, 0.15) is 11.6 Å². The molecule has 1 aromatic carbocycles. The highest BCUT2D eigenvalue weighted by Gasteiger charge is 2.21. The van der Waals surface area contributed by atoms with Crippen molar-refractivity contribution in [2.75, 3.05) is 26.2 Å². The second-order valence-corrected chi connectivity index (χ2v) is 7.79. The topological polar surface area (TPSA) is 119 Å². The Morgan fingerprint density at radius 2 is 2.16 bits per heavy atom.